The zero-order chi connectivity index (χ0) is 29.5. The molecular weight excluding hydrogens is 527 g/mol. The lowest BCUT2D eigenvalue weighted by Crippen LogP contribution is -2.38. The Kier molecular flexibility index (Phi) is 9.73. The van der Waals surface area contributed by atoms with Gasteiger partial charge in [0.05, 0.1) is 24.0 Å². The summed E-state index contributed by atoms with van der Waals surface area (Å²) >= 11 is 0. The van der Waals surface area contributed by atoms with Crippen molar-refractivity contribution in [3.05, 3.63) is 101 Å². The lowest BCUT2D eigenvalue weighted by atomic mass is 9.78. The molecule has 1 N–H and O–H groups in total. The van der Waals surface area contributed by atoms with Crippen LogP contribution in [0.5, 0.6) is 5.75 Å². The summed E-state index contributed by atoms with van der Waals surface area (Å²) < 4.78 is 19.7. The van der Waals surface area contributed by atoms with Gasteiger partial charge in [-0.05, 0) is 72.7 Å². The molecule has 6 heteroatoms. The fraction of sp³-hybridized carbons (Fsp3) is 0.389. The van der Waals surface area contributed by atoms with Crippen LogP contribution >= 0.6 is 0 Å². The Labute approximate surface area is 248 Å². The van der Waals surface area contributed by atoms with E-state index >= 15 is 0 Å². The van der Waals surface area contributed by atoms with Gasteiger partial charge in [-0.1, -0.05) is 75.9 Å². The number of nitrogens with one attached hydrogen (secondary N) is 1. The minimum atomic E-state index is -0.568. The summed E-state index contributed by atoms with van der Waals surface area (Å²) in [6.45, 7) is 4.95. The molecule has 2 atom stereocenters. The summed E-state index contributed by atoms with van der Waals surface area (Å²) in [5.74, 6) is 0.413. The number of fused-ring (bicyclic) bond motifs is 1. The van der Waals surface area contributed by atoms with E-state index in [0.29, 0.717) is 31.4 Å². The number of carbonyl (C=O) groups is 2. The second-order valence-corrected chi connectivity index (χ2v) is 11.4. The number of nitrogens with zero attached hydrogens (tertiary/aromatic N) is 1. The van der Waals surface area contributed by atoms with E-state index in [2.05, 4.69) is 19.2 Å². The molecule has 0 bridgehead atoms. The van der Waals surface area contributed by atoms with Crippen molar-refractivity contribution in [3.63, 3.8) is 0 Å². The first-order valence-corrected chi connectivity index (χ1v) is 15.4. The van der Waals surface area contributed by atoms with Crippen LogP contribution in [-0.2, 0) is 9.59 Å². The van der Waals surface area contributed by atoms with Gasteiger partial charge in [-0.15, -0.1) is 0 Å². The first kappa shape index (κ1) is 29.6. The van der Waals surface area contributed by atoms with Crippen molar-refractivity contribution in [1.29, 1.82) is 0 Å². The van der Waals surface area contributed by atoms with Crippen LogP contribution in [0.15, 0.2) is 84.1 Å². The molecule has 0 fully saturated rings. The number of amides is 1. The second kappa shape index (κ2) is 13.8. The van der Waals surface area contributed by atoms with Gasteiger partial charge < -0.3 is 10.1 Å². The number of benzene rings is 3. The number of rotatable bonds is 11. The largest absolute Gasteiger partial charge is 0.494 e. The number of unbranched alkanes of at least 4 members (excludes halogenated alkanes) is 4. The fourth-order valence-electron chi connectivity index (χ4n) is 6.09. The maximum Gasteiger partial charge on any atom is 0.227 e. The van der Waals surface area contributed by atoms with Crippen molar-refractivity contribution in [3.8, 4) is 5.75 Å². The molecule has 5 rings (SSSR count). The minimum Gasteiger partial charge on any atom is -0.494 e. The van der Waals surface area contributed by atoms with E-state index in [1.807, 2.05) is 53.4 Å². The Morgan fingerprint density at radius 1 is 0.881 bits per heavy atom. The molecule has 3 aromatic rings. The monoisotopic (exact) mass is 568 g/mol. The number of hydrogen-bond donors (Lipinski definition) is 1. The van der Waals surface area contributed by atoms with E-state index in [-0.39, 0.29) is 23.4 Å². The maximum atomic E-state index is 14.1. The van der Waals surface area contributed by atoms with Crippen molar-refractivity contribution in [2.45, 2.75) is 83.6 Å². The van der Waals surface area contributed by atoms with Crippen molar-refractivity contribution in [1.82, 2.24) is 0 Å². The van der Waals surface area contributed by atoms with Crippen LogP contribution in [0, 0.1) is 5.82 Å². The third kappa shape index (κ3) is 6.59. The molecule has 1 amide bonds. The van der Waals surface area contributed by atoms with Gasteiger partial charge in [0, 0.05) is 24.1 Å². The lowest BCUT2D eigenvalue weighted by Gasteiger charge is -2.35. The highest BCUT2D eigenvalue weighted by Gasteiger charge is 2.41. The van der Waals surface area contributed by atoms with Crippen LogP contribution in [0.3, 0.4) is 0 Å². The third-order valence-corrected chi connectivity index (χ3v) is 8.31. The summed E-state index contributed by atoms with van der Waals surface area (Å²) in [7, 11) is 0. The molecule has 0 unspecified atom stereocenters. The molecular formula is C36H41FN2O3. The zero-order valence-electron chi connectivity index (χ0n) is 24.7. The topological polar surface area (TPSA) is 58.6 Å². The molecule has 220 valence electrons. The van der Waals surface area contributed by atoms with Gasteiger partial charge in [-0.3, -0.25) is 14.5 Å². The van der Waals surface area contributed by atoms with Gasteiger partial charge in [0.1, 0.15) is 11.6 Å². The number of para-hydroxylation sites is 2. The Balaban J connectivity index is 1.57. The third-order valence-electron chi connectivity index (χ3n) is 8.31. The van der Waals surface area contributed by atoms with Crippen molar-refractivity contribution < 1.29 is 18.7 Å². The van der Waals surface area contributed by atoms with E-state index < -0.39 is 6.04 Å². The van der Waals surface area contributed by atoms with Gasteiger partial charge in [0.15, 0.2) is 5.78 Å². The van der Waals surface area contributed by atoms with E-state index in [9.17, 15) is 14.0 Å². The Morgan fingerprint density at radius 3 is 2.31 bits per heavy atom. The van der Waals surface area contributed by atoms with Gasteiger partial charge in [-0.2, -0.15) is 0 Å². The molecule has 42 heavy (non-hydrogen) atoms. The average molecular weight is 569 g/mol. The number of carbonyl (C=O) groups excluding carboxylic acids is 2. The van der Waals surface area contributed by atoms with Gasteiger partial charge in [0.25, 0.3) is 0 Å². The summed E-state index contributed by atoms with van der Waals surface area (Å²) in [6.07, 6.45) is 7.35. The number of anilines is 2. The van der Waals surface area contributed by atoms with Crippen LogP contribution in [0.4, 0.5) is 15.8 Å². The molecule has 1 aliphatic heterocycles. The maximum absolute atomic E-state index is 14.1. The van der Waals surface area contributed by atoms with E-state index in [0.717, 1.165) is 72.5 Å². The number of hydrogen-bond acceptors (Lipinski definition) is 4. The average Bonchev–Trinajstić information content (AvgIpc) is 3.15. The lowest BCUT2D eigenvalue weighted by molar-refractivity contribution is -0.119. The molecule has 0 saturated heterocycles. The summed E-state index contributed by atoms with van der Waals surface area (Å²) in [6, 6.07) is 21.5. The second-order valence-electron chi connectivity index (χ2n) is 11.4. The molecule has 1 aliphatic carbocycles. The van der Waals surface area contributed by atoms with Crippen LogP contribution < -0.4 is 15.0 Å². The Bertz CT molecular complexity index is 1410. The normalized spacial score (nSPS) is 18.2. The standard InChI is InChI=1S/C36H41FN2O3/c1-3-5-7-13-34(41)39-32-12-9-8-11-30(32)38-31-23-27(25-14-18-28(37)19-15-25)24-33(40)35(31)36(39)26-16-20-29(21-17-26)42-22-10-6-4-2/h8-9,11-12,14-21,27,36,38H,3-7,10,13,22-24H2,1-2H3/t27-,36+/m0/s1. The van der Waals surface area contributed by atoms with Crippen LogP contribution in [0.1, 0.15) is 94.7 Å². The highest BCUT2D eigenvalue weighted by atomic mass is 19.1. The van der Waals surface area contributed by atoms with E-state index in [1.165, 1.54) is 12.1 Å². The number of halogens is 1. The van der Waals surface area contributed by atoms with Gasteiger partial charge in [-0.25, -0.2) is 4.39 Å². The summed E-state index contributed by atoms with van der Waals surface area (Å²) in [5.41, 5.74) is 4.83. The van der Waals surface area contributed by atoms with Gasteiger partial charge in [0.2, 0.25) is 5.91 Å². The number of ketones is 1. The summed E-state index contributed by atoms with van der Waals surface area (Å²) in [4.78, 5) is 30.0. The number of allylic oxidation sites excluding steroid dienone is 1. The highest BCUT2D eigenvalue weighted by molar-refractivity contribution is 6.06. The first-order chi connectivity index (χ1) is 20.5. The van der Waals surface area contributed by atoms with Gasteiger partial charge >= 0.3 is 0 Å². The smallest absolute Gasteiger partial charge is 0.227 e. The van der Waals surface area contributed by atoms with Crippen LogP contribution in [0.2, 0.25) is 0 Å². The zero-order valence-corrected chi connectivity index (χ0v) is 24.7. The fourth-order valence-corrected chi connectivity index (χ4v) is 6.09. The molecule has 0 aromatic heterocycles. The number of ether oxygens (including phenoxy) is 1. The molecule has 0 saturated carbocycles. The SMILES string of the molecule is CCCCCOc1ccc([C@@H]2C3=C(C[C@H](c4ccc(F)cc4)CC3=O)Nc3ccccc3N2C(=O)CCCCC)cc1. The van der Waals surface area contributed by atoms with Crippen LogP contribution in [0.25, 0.3) is 0 Å². The van der Waals surface area contributed by atoms with E-state index in [4.69, 9.17) is 4.74 Å². The van der Waals surface area contributed by atoms with Crippen LogP contribution in [-0.4, -0.2) is 18.3 Å². The predicted octanol–water partition coefficient (Wildman–Crippen LogP) is 8.88. The predicted molar refractivity (Wildman–Crippen MR) is 166 cm³/mol. The molecule has 1 heterocycles. The first-order valence-electron chi connectivity index (χ1n) is 15.4. The molecule has 3 aromatic carbocycles. The van der Waals surface area contributed by atoms with Crippen molar-refractivity contribution in [2.75, 3.05) is 16.8 Å². The molecule has 0 spiro atoms. The van der Waals surface area contributed by atoms with E-state index in [1.54, 1.807) is 12.1 Å². The Morgan fingerprint density at radius 2 is 1.57 bits per heavy atom. The van der Waals surface area contributed by atoms with Crippen molar-refractivity contribution in [2.24, 2.45) is 0 Å². The number of Topliss-reactive ketones (excluding diaryl/α,β-unsaturated/α-hetero) is 1. The molecule has 2 aliphatic rings. The molecule has 0 radical (unpaired) electrons. The Hall–Kier alpha value is -3.93. The molecule has 5 nitrogen and oxygen atoms in total. The quantitative estimate of drug-likeness (QED) is 0.235. The highest BCUT2D eigenvalue weighted by Crippen LogP contribution is 2.47. The van der Waals surface area contributed by atoms with Crippen molar-refractivity contribution >= 4 is 23.1 Å². The summed E-state index contributed by atoms with van der Waals surface area (Å²) in [5, 5.41) is 3.57. The minimum absolute atomic E-state index is 0.00197.